The number of thiol groups is 1. The summed E-state index contributed by atoms with van der Waals surface area (Å²) in [7, 11) is 0. The number of carbonyl (C=O) groups excluding carboxylic acids is 3. The van der Waals surface area contributed by atoms with E-state index >= 15 is 0 Å². The van der Waals surface area contributed by atoms with Crippen LogP contribution in [0.25, 0.3) is 0 Å². The van der Waals surface area contributed by atoms with Gasteiger partial charge in [0.2, 0.25) is 11.8 Å². The summed E-state index contributed by atoms with van der Waals surface area (Å²) < 4.78 is 5.37. The molecule has 0 aromatic heterocycles. The Morgan fingerprint density at radius 2 is 1.83 bits per heavy atom. The van der Waals surface area contributed by atoms with Gasteiger partial charge in [-0.25, -0.2) is 4.79 Å². The van der Waals surface area contributed by atoms with E-state index in [9.17, 15) is 14.4 Å². The molecule has 2 unspecified atom stereocenters. The average molecular weight is 520 g/mol. The highest BCUT2D eigenvalue weighted by molar-refractivity contribution is 7.80. The lowest BCUT2D eigenvalue weighted by Crippen LogP contribution is -2.54. The summed E-state index contributed by atoms with van der Waals surface area (Å²) >= 11 is 4.36. The highest BCUT2D eigenvalue weighted by atomic mass is 32.1. The zero-order valence-electron chi connectivity index (χ0n) is 22.6. The Morgan fingerprint density at radius 1 is 1.14 bits per heavy atom. The van der Waals surface area contributed by atoms with Crippen molar-refractivity contribution in [2.45, 2.75) is 110 Å². The van der Waals surface area contributed by atoms with E-state index in [1.165, 1.54) is 6.42 Å². The number of amides is 3. The third-order valence-electron chi connectivity index (χ3n) is 6.33. The number of rotatable bonds is 11. The number of ether oxygens (including phenoxy) is 1. The number of alkyl carbamates (subject to hydrolysis) is 1. The van der Waals surface area contributed by atoms with Gasteiger partial charge in [0.15, 0.2) is 0 Å². The van der Waals surface area contributed by atoms with Gasteiger partial charge in [-0.2, -0.15) is 12.6 Å². The predicted molar refractivity (Wildman–Crippen MR) is 147 cm³/mol. The van der Waals surface area contributed by atoms with Gasteiger partial charge in [-0.3, -0.25) is 9.59 Å². The van der Waals surface area contributed by atoms with Gasteiger partial charge in [0.05, 0.1) is 0 Å². The molecule has 36 heavy (non-hydrogen) atoms. The van der Waals surface area contributed by atoms with Crippen LogP contribution < -0.4 is 10.6 Å². The summed E-state index contributed by atoms with van der Waals surface area (Å²) in [5.74, 6) is -0.419. The van der Waals surface area contributed by atoms with Crippen LogP contribution in [0.3, 0.4) is 0 Å². The third-order valence-corrected chi connectivity index (χ3v) is 6.69. The Kier molecular flexibility index (Phi) is 12.1. The van der Waals surface area contributed by atoms with Crippen LogP contribution in [-0.4, -0.2) is 52.8 Å². The molecule has 1 aliphatic rings. The predicted octanol–water partition coefficient (Wildman–Crippen LogP) is 5.33. The maximum atomic E-state index is 13.9. The molecule has 0 heterocycles. The number of hydrogen-bond acceptors (Lipinski definition) is 5. The van der Waals surface area contributed by atoms with Crippen LogP contribution in [0.15, 0.2) is 24.3 Å². The quantitative estimate of drug-likeness (QED) is 0.272. The van der Waals surface area contributed by atoms with Gasteiger partial charge < -0.3 is 20.3 Å². The minimum atomic E-state index is -0.917. The second-order valence-corrected chi connectivity index (χ2v) is 11.1. The monoisotopic (exact) mass is 519 g/mol. The molecule has 0 spiro atoms. The van der Waals surface area contributed by atoms with E-state index in [2.05, 4.69) is 30.2 Å². The molecule has 0 radical (unpaired) electrons. The molecule has 0 saturated heterocycles. The number of nitrogens with zero attached hydrogens (tertiary/aromatic N) is 1. The molecule has 2 atom stereocenters. The molecular formula is C28H45N3O4S. The van der Waals surface area contributed by atoms with Crippen LogP contribution in [0.4, 0.5) is 4.79 Å². The molecule has 7 nitrogen and oxygen atoms in total. The van der Waals surface area contributed by atoms with Crippen molar-refractivity contribution in [1.29, 1.82) is 0 Å². The summed E-state index contributed by atoms with van der Waals surface area (Å²) in [5.41, 5.74) is 1.09. The molecule has 2 N–H and O–H groups in total. The van der Waals surface area contributed by atoms with Gasteiger partial charge in [-0.15, -0.1) is 0 Å². The molecule has 2 rings (SSSR count). The number of unbranched alkanes of at least 4 members (excludes halogenated alkanes) is 2. The van der Waals surface area contributed by atoms with Gasteiger partial charge in [-0.05, 0) is 52.5 Å². The smallest absolute Gasteiger partial charge is 0.408 e. The van der Waals surface area contributed by atoms with E-state index in [1.54, 1.807) is 25.7 Å². The standard InChI is InChI=1S/C28H45N3O4S/c1-6-7-11-17-31(26(33)23(19-36)30-27(34)35-28(3,4)5)24(21-14-12-13-20(2)18-21)25(32)29-22-15-9-8-10-16-22/h12-14,18,22-24,36H,6-11,15-17,19H2,1-5H3,(H,29,32)(H,30,34). The van der Waals surface area contributed by atoms with E-state index in [-0.39, 0.29) is 23.6 Å². The summed E-state index contributed by atoms with van der Waals surface area (Å²) in [6.45, 7) is 9.78. The van der Waals surface area contributed by atoms with E-state index in [0.717, 1.165) is 56.1 Å². The molecular weight excluding hydrogens is 474 g/mol. The molecule has 0 bridgehead atoms. The lowest BCUT2D eigenvalue weighted by atomic mass is 9.94. The Hall–Kier alpha value is -2.22. The zero-order valence-corrected chi connectivity index (χ0v) is 23.5. The maximum absolute atomic E-state index is 13.9. The van der Waals surface area contributed by atoms with Gasteiger partial charge in [-0.1, -0.05) is 68.9 Å². The van der Waals surface area contributed by atoms with Crippen molar-refractivity contribution < 1.29 is 19.1 Å². The lowest BCUT2D eigenvalue weighted by Gasteiger charge is -2.35. The van der Waals surface area contributed by atoms with E-state index in [4.69, 9.17) is 4.74 Å². The average Bonchev–Trinajstić information content (AvgIpc) is 2.81. The van der Waals surface area contributed by atoms with E-state index in [0.29, 0.717) is 6.54 Å². The molecule has 8 heteroatoms. The van der Waals surface area contributed by atoms with Crippen LogP contribution in [0, 0.1) is 6.92 Å². The Balaban J connectivity index is 2.39. The molecule has 3 amide bonds. The Morgan fingerprint density at radius 3 is 2.42 bits per heavy atom. The summed E-state index contributed by atoms with van der Waals surface area (Å²) in [4.78, 5) is 41.8. The Bertz CT molecular complexity index is 865. The topological polar surface area (TPSA) is 87.7 Å². The first-order valence-corrected chi connectivity index (χ1v) is 14.0. The van der Waals surface area contributed by atoms with Crippen molar-refractivity contribution in [3.05, 3.63) is 35.4 Å². The largest absolute Gasteiger partial charge is 0.444 e. The van der Waals surface area contributed by atoms with Crippen molar-refractivity contribution >= 4 is 30.5 Å². The van der Waals surface area contributed by atoms with Gasteiger partial charge >= 0.3 is 6.09 Å². The van der Waals surface area contributed by atoms with Crippen LogP contribution in [0.2, 0.25) is 0 Å². The van der Waals surface area contributed by atoms with Gasteiger partial charge in [0, 0.05) is 18.3 Å². The van der Waals surface area contributed by atoms with Crippen LogP contribution in [0.1, 0.15) is 96.2 Å². The normalized spacial score (nSPS) is 16.1. The molecule has 1 saturated carbocycles. The van der Waals surface area contributed by atoms with Crippen molar-refractivity contribution in [1.82, 2.24) is 15.5 Å². The minimum absolute atomic E-state index is 0.0904. The van der Waals surface area contributed by atoms with Crippen molar-refractivity contribution in [3.63, 3.8) is 0 Å². The van der Waals surface area contributed by atoms with Crippen LogP contribution in [-0.2, 0) is 14.3 Å². The van der Waals surface area contributed by atoms with Crippen LogP contribution >= 0.6 is 12.6 Å². The Labute approximate surface area is 222 Å². The molecule has 0 aliphatic heterocycles. The minimum Gasteiger partial charge on any atom is -0.444 e. The first-order chi connectivity index (χ1) is 17.1. The number of aryl methyl sites for hydroxylation is 1. The molecule has 1 fully saturated rings. The summed E-state index contributed by atoms with van der Waals surface area (Å²) in [6.07, 6.45) is 7.29. The highest BCUT2D eigenvalue weighted by Gasteiger charge is 2.36. The van der Waals surface area contributed by atoms with Gasteiger partial charge in [0.1, 0.15) is 17.7 Å². The second kappa shape index (κ2) is 14.5. The molecule has 1 aromatic carbocycles. The third kappa shape index (κ3) is 9.68. The van der Waals surface area contributed by atoms with E-state index < -0.39 is 23.8 Å². The van der Waals surface area contributed by atoms with Crippen molar-refractivity contribution in [2.75, 3.05) is 12.3 Å². The number of nitrogens with one attached hydrogen (secondary N) is 2. The number of carbonyl (C=O) groups is 3. The number of benzene rings is 1. The van der Waals surface area contributed by atoms with Crippen LogP contribution in [0.5, 0.6) is 0 Å². The highest BCUT2D eigenvalue weighted by Crippen LogP contribution is 2.26. The second-order valence-electron chi connectivity index (χ2n) is 10.8. The van der Waals surface area contributed by atoms with Crippen molar-refractivity contribution in [3.8, 4) is 0 Å². The fourth-order valence-electron chi connectivity index (χ4n) is 4.57. The number of hydrogen-bond donors (Lipinski definition) is 3. The molecule has 1 aromatic rings. The zero-order chi connectivity index (χ0) is 26.7. The van der Waals surface area contributed by atoms with Crippen molar-refractivity contribution in [2.24, 2.45) is 0 Å². The summed E-state index contributed by atoms with van der Waals surface area (Å²) in [5, 5.41) is 5.90. The lowest BCUT2D eigenvalue weighted by molar-refractivity contribution is -0.142. The molecule has 202 valence electrons. The SMILES string of the molecule is CCCCCN(C(=O)C(CS)NC(=O)OC(C)(C)C)C(C(=O)NC1CCCCC1)c1cccc(C)c1. The first kappa shape index (κ1) is 30.0. The molecule has 1 aliphatic carbocycles. The summed E-state index contributed by atoms with van der Waals surface area (Å²) in [6, 6.07) is 6.15. The van der Waals surface area contributed by atoms with Gasteiger partial charge in [0.25, 0.3) is 0 Å². The fraction of sp³-hybridized carbons (Fsp3) is 0.679. The fourth-order valence-corrected chi connectivity index (χ4v) is 4.82. The van der Waals surface area contributed by atoms with E-state index in [1.807, 2.05) is 31.2 Å². The maximum Gasteiger partial charge on any atom is 0.408 e. The first-order valence-electron chi connectivity index (χ1n) is 13.3.